The van der Waals surface area contributed by atoms with E-state index in [-0.39, 0.29) is 5.91 Å². The average Bonchev–Trinajstić information content (AvgIpc) is 3.31. The van der Waals surface area contributed by atoms with Crippen LogP contribution < -0.4 is 5.32 Å². The van der Waals surface area contributed by atoms with Crippen molar-refractivity contribution in [2.75, 3.05) is 39.4 Å². The highest BCUT2D eigenvalue weighted by atomic mass is 16.5. The molecule has 4 heterocycles. The number of aromatic nitrogens is 4. The standard InChI is InChI=1S/C19H21N7O2/c1-25-18(16-10-15-14(23-16)3-2-13(12-20)22-15)11-17(24-25)19(27)21-4-5-26-6-8-28-9-7-26/h2-3,10-11,23H,4-9H2,1H3,(H,21,27). The molecule has 28 heavy (non-hydrogen) atoms. The number of nitriles is 1. The zero-order chi connectivity index (χ0) is 19.5. The number of nitrogens with one attached hydrogen (secondary N) is 2. The molecule has 144 valence electrons. The Labute approximate surface area is 161 Å². The third-order valence-corrected chi connectivity index (χ3v) is 4.80. The summed E-state index contributed by atoms with van der Waals surface area (Å²) < 4.78 is 6.98. The number of fused-ring (bicyclic) bond motifs is 1. The van der Waals surface area contributed by atoms with Crippen molar-refractivity contribution in [3.05, 3.63) is 35.7 Å². The monoisotopic (exact) mass is 379 g/mol. The van der Waals surface area contributed by atoms with Crippen LogP contribution in [0, 0.1) is 11.3 Å². The van der Waals surface area contributed by atoms with Crippen LogP contribution in [0.3, 0.4) is 0 Å². The quantitative estimate of drug-likeness (QED) is 0.681. The molecular formula is C19H21N7O2. The van der Waals surface area contributed by atoms with Crippen LogP contribution in [0.1, 0.15) is 16.2 Å². The molecule has 0 spiro atoms. The van der Waals surface area contributed by atoms with E-state index in [0.29, 0.717) is 23.4 Å². The van der Waals surface area contributed by atoms with Crippen LogP contribution in [0.4, 0.5) is 0 Å². The topological polar surface area (TPSA) is 112 Å². The maximum Gasteiger partial charge on any atom is 0.271 e. The minimum Gasteiger partial charge on any atom is -0.379 e. The van der Waals surface area contributed by atoms with Crippen LogP contribution >= 0.6 is 0 Å². The van der Waals surface area contributed by atoms with Gasteiger partial charge in [-0.3, -0.25) is 14.4 Å². The number of amides is 1. The molecule has 3 aromatic rings. The van der Waals surface area contributed by atoms with Gasteiger partial charge in [-0.25, -0.2) is 4.98 Å². The first kappa shape index (κ1) is 18.2. The smallest absolute Gasteiger partial charge is 0.271 e. The minimum atomic E-state index is -0.198. The Bertz CT molecular complexity index is 1040. The molecule has 0 bridgehead atoms. The predicted molar refractivity (Wildman–Crippen MR) is 103 cm³/mol. The van der Waals surface area contributed by atoms with E-state index in [1.807, 2.05) is 18.2 Å². The van der Waals surface area contributed by atoms with E-state index in [1.165, 1.54) is 0 Å². The van der Waals surface area contributed by atoms with Crippen molar-refractivity contribution in [1.29, 1.82) is 5.26 Å². The zero-order valence-electron chi connectivity index (χ0n) is 15.6. The van der Waals surface area contributed by atoms with Gasteiger partial charge in [-0.05, 0) is 24.3 Å². The van der Waals surface area contributed by atoms with Gasteiger partial charge in [-0.2, -0.15) is 10.4 Å². The Hall–Kier alpha value is -3.22. The first-order chi connectivity index (χ1) is 13.6. The predicted octanol–water partition coefficient (Wildman–Crippen LogP) is 0.897. The maximum absolute atomic E-state index is 12.5. The molecule has 0 radical (unpaired) electrons. The number of ether oxygens (including phenoxy) is 1. The summed E-state index contributed by atoms with van der Waals surface area (Å²) in [6, 6.07) is 9.13. The average molecular weight is 379 g/mol. The molecule has 1 aliphatic heterocycles. The Morgan fingerprint density at radius 1 is 1.36 bits per heavy atom. The highest BCUT2D eigenvalue weighted by molar-refractivity contribution is 5.93. The van der Waals surface area contributed by atoms with Crippen molar-refractivity contribution in [3.8, 4) is 17.5 Å². The van der Waals surface area contributed by atoms with Crippen molar-refractivity contribution in [2.45, 2.75) is 0 Å². The van der Waals surface area contributed by atoms with Crippen molar-refractivity contribution in [2.24, 2.45) is 7.05 Å². The minimum absolute atomic E-state index is 0.198. The number of nitrogens with zero attached hydrogens (tertiary/aromatic N) is 5. The summed E-state index contributed by atoms with van der Waals surface area (Å²) >= 11 is 0. The summed E-state index contributed by atoms with van der Waals surface area (Å²) in [5.41, 5.74) is 3.82. The van der Waals surface area contributed by atoms with E-state index < -0.39 is 0 Å². The summed E-state index contributed by atoms with van der Waals surface area (Å²) in [5, 5.41) is 16.3. The lowest BCUT2D eigenvalue weighted by Crippen LogP contribution is -2.41. The van der Waals surface area contributed by atoms with Gasteiger partial charge in [0.25, 0.3) is 5.91 Å². The van der Waals surface area contributed by atoms with E-state index in [0.717, 1.165) is 49.8 Å². The number of rotatable bonds is 5. The Morgan fingerprint density at radius 3 is 2.96 bits per heavy atom. The molecule has 0 saturated carbocycles. The highest BCUT2D eigenvalue weighted by Gasteiger charge is 2.16. The molecule has 1 amide bonds. The summed E-state index contributed by atoms with van der Waals surface area (Å²) in [6.45, 7) is 4.64. The number of H-pyrrole nitrogens is 1. The van der Waals surface area contributed by atoms with Gasteiger partial charge < -0.3 is 15.0 Å². The zero-order valence-corrected chi connectivity index (χ0v) is 15.6. The second-order valence-corrected chi connectivity index (χ2v) is 6.67. The highest BCUT2D eigenvalue weighted by Crippen LogP contribution is 2.23. The van der Waals surface area contributed by atoms with Gasteiger partial charge in [0.1, 0.15) is 11.8 Å². The summed E-state index contributed by atoms with van der Waals surface area (Å²) in [7, 11) is 1.79. The fraction of sp³-hybridized carbons (Fsp3) is 0.368. The molecular weight excluding hydrogens is 358 g/mol. The Balaban J connectivity index is 1.45. The lowest BCUT2D eigenvalue weighted by molar-refractivity contribution is 0.0383. The normalized spacial score (nSPS) is 14.9. The van der Waals surface area contributed by atoms with Crippen LogP contribution in [0.5, 0.6) is 0 Å². The number of morpholine rings is 1. The Morgan fingerprint density at radius 2 is 2.18 bits per heavy atom. The first-order valence-corrected chi connectivity index (χ1v) is 9.16. The molecule has 0 aromatic carbocycles. The summed E-state index contributed by atoms with van der Waals surface area (Å²) in [6.07, 6.45) is 0. The van der Waals surface area contributed by atoms with Crippen LogP contribution in [-0.2, 0) is 11.8 Å². The number of hydrogen-bond donors (Lipinski definition) is 2. The Kier molecular flexibility index (Phi) is 5.06. The molecule has 2 N–H and O–H groups in total. The molecule has 0 atom stereocenters. The molecule has 1 saturated heterocycles. The number of carbonyl (C=O) groups excluding carboxylic acids is 1. The molecule has 1 aliphatic rings. The molecule has 9 nitrogen and oxygen atoms in total. The summed E-state index contributed by atoms with van der Waals surface area (Å²) in [4.78, 5) is 22.3. The second-order valence-electron chi connectivity index (χ2n) is 6.67. The number of aryl methyl sites for hydroxylation is 1. The van der Waals surface area contributed by atoms with Gasteiger partial charge in [0.2, 0.25) is 0 Å². The lowest BCUT2D eigenvalue weighted by Gasteiger charge is -2.26. The van der Waals surface area contributed by atoms with E-state index in [9.17, 15) is 4.79 Å². The van der Waals surface area contributed by atoms with Crippen molar-refractivity contribution in [3.63, 3.8) is 0 Å². The van der Waals surface area contributed by atoms with E-state index >= 15 is 0 Å². The van der Waals surface area contributed by atoms with Gasteiger partial charge in [-0.1, -0.05) is 0 Å². The third kappa shape index (κ3) is 3.74. The van der Waals surface area contributed by atoms with Crippen molar-refractivity contribution >= 4 is 16.9 Å². The number of carbonyl (C=O) groups is 1. The van der Waals surface area contributed by atoms with E-state index in [1.54, 1.807) is 23.9 Å². The molecule has 0 unspecified atom stereocenters. The number of hydrogen-bond acceptors (Lipinski definition) is 6. The largest absolute Gasteiger partial charge is 0.379 e. The van der Waals surface area contributed by atoms with E-state index in [4.69, 9.17) is 10.00 Å². The molecule has 1 fully saturated rings. The molecule has 4 rings (SSSR count). The fourth-order valence-corrected chi connectivity index (χ4v) is 3.28. The van der Waals surface area contributed by atoms with Gasteiger partial charge in [-0.15, -0.1) is 0 Å². The number of pyridine rings is 1. The van der Waals surface area contributed by atoms with Crippen LogP contribution in [0.25, 0.3) is 22.4 Å². The molecule has 0 aliphatic carbocycles. The maximum atomic E-state index is 12.5. The number of aromatic amines is 1. The third-order valence-electron chi connectivity index (χ3n) is 4.80. The van der Waals surface area contributed by atoms with Gasteiger partial charge in [0, 0.05) is 33.2 Å². The van der Waals surface area contributed by atoms with Crippen LogP contribution in [-0.4, -0.2) is 69.9 Å². The summed E-state index contributed by atoms with van der Waals surface area (Å²) in [5.74, 6) is -0.198. The SMILES string of the molecule is Cn1nc(C(=O)NCCN2CCOCC2)cc1-c1cc2nc(C#N)ccc2[nH]1. The fourth-order valence-electron chi connectivity index (χ4n) is 3.28. The molecule has 9 heteroatoms. The van der Waals surface area contributed by atoms with Crippen molar-refractivity contribution in [1.82, 2.24) is 30.0 Å². The van der Waals surface area contributed by atoms with Crippen LogP contribution in [0.15, 0.2) is 24.3 Å². The van der Waals surface area contributed by atoms with Gasteiger partial charge >= 0.3 is 0 Å². The van der Waals surface area contributed by atoms with E-state index in [2.05, 4.69) is 25.3 Å². The first-order valence-electron chi connectivity index (χ1n) is 9.16. The van der Waals surface area contributed by atoms with Crippen molar-refractivity contribution < 1.29 is 9.53 Å². The second kappa shape index (κ2) is 7.80. The molecule has 3 aromatic heterocycles. The van der Waals surface area contributed by atoms with Gasteiger partial charge in [0.05, 0.1) is 35.6 Å². The lowest BCUT2D eigenvalue weighted by atomic mass is 10.2. The van der Waals surface area contributed by atoms with Gasteiger partial charge in [0.15, 0.2) is 5.69 Å². The van der Waals surface area contributed by atoms with Crippen LogP contribution in [0.2, 0.25) is 0 Å².